The number of benzene rings is 1. The van der Waals surface area contributed by atoms with Gasteiger partial charge in [-0.05, 0) is 37.6 Å². The lowest BCUT2D eigenvalue weighted by atomic mass is 10.1. The van der Waals surface area contributed by atoms with E-state index >= 15 is 0 Å². The van der Waals surface area contributed by atoms with E-state index in [9.17, 15) is 4.79 Å². The summed E-state index contributed by atoms with van der Waals surface area (Å²) in [7, 11) is 3.55. The van der Waals surface area contributed by atoms with Gasteiger partial charge in [-0.2, -0.15) is 0 Å². The third-order valence-electron chi connectivity index (χ3n) is 3.13. The minimum absolute atomic E-state index is 0.472. The van der Waals surface area contributed by atoms with Gasteiger partial charge in [-0.15, -0.1) is 0 Å². The minimum atomic E-state index is 0.472. The van der Waals surface area contributed by atoms with E-state index in [0.717, 1.165) is 34.7 Å². The fourth-order valence-corrected chi connectivity index (χ4v) is 2.09. The number of aryl methyl sites for hydroxylation is 2. The molecular formula is C14H16N2O2. The molecule has 0 unspecified atom stereocenters. The Morgan fingerprint density at radius 3 is 2.61 bits per heavy atom. The average Bonchev–Trinajstić information content (AvgIpc) is 2.65. The van der Waals surface area contributed by atoms with Crippen LogP contribution in [0.4, 0.5) is 0 Å². The molecule has 94 valence electrons. The fourth-order valence-electron chi connectivity index (χ4n) is 2.09. The molecule has 18 heavy (non-hydrogen) atoms. The molecule has 0 aliphatic carbocycles. The standard InChI is InChI=1S/C14H16N2O2/c1-9-7-11(5-6-13(9)18-4)14-12(8-17)15-10(2)16(14)3/h5-8H,1-4H3. The molecule has 0 aliphatic rings. The molecule has 1 aromatic carbocycles. The SMILES string of the molecule is COc1ccc(-c2c(C=O)nc(C)n2C)cc1C. The van der Waals surface area contributed by atoms with E-state index in [4.69, 9.17) is 4.74 Å². The Kier molecular flexibility index (Phi) is 3.19. The molecule has 4 heteroatoms. The molecule has 0 aliphatic heterocycles. The van der Waals surface area contributed by atoms with E-state index in [2.05, 4.69) is 4.98 Å². The van der Waals surface area contributed by atoms with Crippen LogP contribution in [-0.4, -0.2) is 22.9 Å². The van der Waals surface area contributed by atoms with Crippen molar-refractivity contribution >= 4 is 6.29 Å². The van der Waals surface area contributed by atoms with E-state index in [1.165, 1.54) is 0 Å². The number of carbonyl (C=O) groups is 1. The van der Waals surface area contributed by atoms with Gasteiger partial charge in [0, 0.05) is 12.6 Å². The van der Waals surface area contributed by atoms with Crippen LogP contribution in [-0.2, 0) is 7.05 Å². The molecule has 2 rings (SSSR count). The van der Waals surface area contributed by atoms with Gasteiger partial charge in [0.15, 0.2) is 6.29 Å². The molecule has 1 heterocycles. The Labute approximate surface area is 106 Å². The number of methoxy groups -OCH3 is 1. The highest BCUT2D eigenvalue weighted by Gasteiger charge is 2.14. The van der Waals surface area contributed by atoms with Gasteiger partial charge >= 0.3 is 0 Å². The molecule has 0 amide bonds. The van der Waals surface area contributed by atoms with Crippen LogP contribution in [0.15, 0.2) is 18.2 Å². The molecule has 0 fully saturated rings. The highest BCUT2D eigenvalue weighted by Crippen LogP contribution is 2.28. The number of nitrogens with zero attached hydrogens (tertiary/aromatic N) is 2. The lowest BCUT2D eigenvalue weighted by Crippen LogP contribution is -1.96. The summed E-state index contributed by atoms with van der Waals surface area (Å²) in [6, 6.07) is 5.85. The Morgan fingerprint density at radius 1 is 1.33 bits per heavy atom. The van der Waals surface area contributed by atoms with Crippen molar-refractivity contribution in [2.24, 2.45) is 7.05 Å². The predicted octanol–water partition coefficient (Wildman–Crippen LogP) is 2.53. The van der Waals surface area contributed by atoms with Crippen LogP contribution in [0.3, 0.4) is 0 Å². The first-order chi connectivity index (χ1) is 8.58. The molecule has 0 bridgehead atoms. The Balaban J connectivity index is 2.61. The first-order valence-electron chi connectivity index (χ1n) is 5.72. The molecular weight excluding hydrogens is 228 g/mol. The molecule has 0 atom stereocenters. The van der Waals surface area contributed by atoms with E-state index in [-0.39, 0.29) is 0 Å². The summed E-state index contributed by atoms with van der Waals surface area (Å²) in [5.74, 6) is 1.66. The number of hydrogen-bond donors (Lipinski definition) is 0. The van der Waals surface area contributed by atoms with E-state index < -0.39 is 0 Å². The van der Waals surface area contributed by atoms with Gasteiger partial charge < -0.3 is 9.30 Å². The number of carbonyl (C=O) groups excluding carboxylic acids is 1. The second-order valence-corrected chi connectivity index (χ2v) is 4.25. The molecule has 2 aromatic rings. The molecule has 0 radical (unpaired) electrons. The highest BCUT2D eigenvalue weighted by atomic mass is 16.5. The lowest BCUT2D eigenvalue weighted by Gasteiger charge is -2.09. The Bertz CT molecular complexity index is 600. The van der Waals surface area contributed by atoms with E-state index in [0.29, 0.717) is 5.69 Å². The molecule has 0 saturated heterocycles. The summed E-state index contributed by atoms with van der Waals surface area (Å²) in [6.07, 6.45) is 0.794. The number of imidazole rings is 1. The van der Waals surface area contributed by atoms with Crippen molar-refractivity contribution in [2.75, 3.05) is 7.11 Å². The highest BCUT2D eigenvalue weighted by molar-refractivity contribution is 5.84. The third-order valence-corrected chi connectivity index (χ3v) is 3.13. The predicted molar refractivity (Wildman–Crippen MR) is 70.1 cm³/mol. The summed E-state index contributed by atoms with van der Waals surface area (Å²) in [5, 5.41) is 0. The molecule has 0 N–H and O–H groups in total. The van der Waals surface area contributed by atoms with Crippen molar-refractivity contribution in [3.05, 3.63) is 35.3 Å². The van der Waals surface area contributed by atoms with Crippen LogP contribution in [0.5, 0.6) is 5.75 Å². The average molecular weight is 244 g/mol. The number of hydrogen-bond acceptors (Lipinski definition) is 3. The monoisotopic (exact) mass is 244 g/mol. The molecule has 4 nitrogen and oxygen atoms in total. The van der Waals surface area contributed by atoms with Gasteiger partial charge in [-0.3, -0.25) is 4.79 Å². The molecule has 0 spiro atoms. The van der Waals surface area contributed by atoms with Gasteiger partial charge in [-0.1, -0.05) is 0 Å². The lowest BCUT2D eigenvalue weighted by molar-refractivity contribution is 0.112. The second kappa shape index (κ2) is 4.64. The van der Waals surface area contributed by atoms with E-state index in [1.807, 2.05) is 43.7 Å². The van der Waals surface area contributed by atoms with Gasteiger partial charge in [0.1, 0.15) is 17.3 Å². The summed E-state index contributed by atoms with van der Waals surface area (Å²) in [5.41, 5.74) is 3.32. The van der Waals surface area contributed by atoms with Crippen molar-refractivity contribution in [1.29, 1.82) is 0 Å². The van der Waals surface area contributed by atoms with Crippen LogP contribution < -0.4 is 4.74 Å². The number of aldehydes is 1. The largest absolute Gasteiger partial charge is 0.496 e. The number of rotatable bonds is 3. The minimum Gasteiger partial charge on any atom is -0.496 e. The summed E-state index contributed by atoms with van der Waals surface area (Å²) in [6.45, 7) is 3.86. The zero-order valence-corrected chi connectivity index (χ0v) is 11.0. The maximum absolute atomic E-state index is 11.1. The van der Waals surface area contributed by atoms with Crippen molar-refractivity contribution in [3.8, 4) is 17.0 Å². The Morgan fingerprint density at radius 2 is 2.06 bits per heavy atom. The van der Waals surface area contributed by atoms with Crippen molar-refractivity contribution in [2.45, 2.75) is 13.8 Å². The zero-order valence-electron chi connectivity index (χ0n) is 11.0. The van der Waals surface area contributed by atoms with Gasteiger partial charge in [0.05, 0.1) is 12.8 Å². The normalized spacial score (nSPS) is 10.4. The third kappa shape index (κ3) is 1.90. The number of ether oxygens (including phenoxy) is 1. The van der Waals surface area contributed by atoms with E-state index in [1.54, 1.807) is 7.11 Å². The zero-order chi connectivity index (χ0) is 13.3. The summed E-state index contributed by atoms with van der Waals surface area (Å²) in [4.78, 5) is 15.3. The van der Waals surface area contributed by atoms with Crippen molar-refractivity contribution in [3.63, 3.8) is 0 Å². The summed E-state index contributed by atoms with van der Waals surface area (Å²) >= 11 is 0. The fraction of sp³-hybridized carbons (Fsp3) is 0.286. The van der Waals surface area contributed by atoms with Gasteiger partial charge in [0.2, 0.25) is 0 Å². The first-order valence-corrected chi connectivity index (χ1v) is 5.72. The molecule has 1 aromatic heterocycles. The van der Waals surface area contributed by atoms with Gasteiger partial charge in [-0.25, -0.2) is 4.98 Å². The smallest absolute Gasteiger partial charge is 0.170 e. The second-order valence-electron chi connectivity index (χ2n) is 4.25. The van der Waals surface area contributed by atoms with Crippen LogP contribution >= 0.6 is 0 Å². The topological polar surface area (TPSA) is 44.1 Å². The van der Waals surface area contributed by atoms with Crippen LogP contribution in [0.1, 0.15) is 21.9 Å². The summed E-state index contributed by atoms with van der Waals surface area (Å²) < 4.78 is 7.16. The Hall–Kier alpha value is -2.10. The van der Waals surface area contributed by atoms with Crippen LogP contribution in [0.2, 0.25) is 0 Å². The maximum Gasteiger partial charge on any atom is 0.170 e. The molecule has 0 saturated carbocycles. The van der Waals surface area contributed by atoms with Crippen molar-refractivity contribution in [1.82, 2.24) is 9.55 Å². The van der Waals surface area contributed by atoms with Crippen molar-refractivity contribution < 1.29 is 9.53 Å². The first kappa shape index (κ1) is 12.4. The van der Waals surface area contributed by atoms with Crippen LogP contribution in [0.25, 0.3) is 11.3 Å². The maximum atomic E-state index is 11.1. The van der Waals surface area contributed by atoms with Crippen LogP contribution in [0, 0.1) is 13.8 Å². The number of aromatic nitrogens is 2. The quantitative estimate of drug-likeness (QED) is 0.779. The van der Waals surface area contributed by atoms with Gasteiger partial charge in [0.25, 0.3) is 0 Å².